The van der Waals surface area contributed by atoms with Crippen LogP contribution in [0.1, 0.15) is 18.5 Å². The molecule has 1 aliphatic heterocycles. The maximum absolute atomic E-state index is 13.8. The SMILES string of the molecule is CCOC(=O)C1(O)C(c2ccccc2)N(c2ccc(Cl)cc2)C(=O)N1c1ccc(Cl)cc1. The van der Waals surface area contributed by atoms with E-state index in [1.54, 1.807) is 79.7 Å². The van der Waals surface area contributed by atoms with Gasteiger partial charge in [0.15, 0.2) is 0 Å². The molecule has 1 N–H and O–H groups in total. The van der Waals surface area contributed by atoms with Crippen molar-refractivity contribution in [3.8, 4) is 0 Å². The Hall–Kier alpha value is -3.06. The first-order chi connectivity index (χ1) is 15.4. The van der Waals surface area contributed by atoms with Crippen molar-refractivity contribution < 1.29 is 19.4 Å². The maximum Gasteiger partial charge on any atom is 0.362 e. The third-order valence-electron chi connectivity index (χ3n) is 5.26. The van der Waals surface area contributed by atoms with E-state index in [1.165, 1.54) is 4.90 Å². The van der Waals surface area contributed by atoms with Gasteiger partial charge in [-0.25, -0.2) is 9.59 Å². The zero-order chi connectivity index (χ0) is 22.9. The summed E-state index contributed by atoms with van der Waals surface area (Å²) in [6.45, 7) is 1.67. The van der Waals surface area contributed by atoms with E-state index >= 15 is 0 Å². The Kier molecular flexibility index (Phi) is 6.11. The van der Waals surface area contributed by atoms with Gasteiger partial charge in [-0.15, -0.1) is 0 Å². The van der Waals surface area contributed by atoms with Crippen molar-refractivity contribution in [2.75, 3.05) is 16.4 Å². The first-order valence-corrected chi connectivity index (χ1v) is 10.7. The molecular weight excluding hydrogens is 451 g/mol. The third kappa shape index (κ3) is 3.71. The normalized spacial score (nSPS) is 20.5. The first kappa shape index (κ1) is 22.1. The number of esters is 1. The number of ether oxygens (including phenoxy) is 1. The molecule has 0 bridgehead atoms. The quantitative estimate of drug-likeness (QED) is 0.504. The third-order valence-corrected chi connectivity index (χ3v) is 5.76. The van der Waals surface area contributed by atoms with Crippen molar-refractivity contribution in [3.63, 3.8) is 0 Å². The molecule has 3 aromatic rings. The summed E-state index contributed by atoms with van der Waals surface area (Å²) in [7, 11) is 0. The molecule has 8 heteroatoms. The molecule has 1 saturated heterocycles. The van der Waals surface area contributed by atoms with Gasteiger partial charge in [0.05, 0.1) is 6.61 Å². The van der Waals surface area contributed by atoms with Crippen LogP contribution in [0.5, 0.6) is 0 Å². The average Bonchev–Trinajstić information content (AvgIpc) is 3.03. The number of nitrogens with zero attached hydrogens (tertiary/aromatic N) is 2. The number of hydrogen-bond acceptors (Lipinski definition) is 4. The summed E-state index contributed by atoms with van der Waals surface area (Å²) in [5.41, 5.74) is -1.02. The Balaban J connectivity index is 1.97. The smallest absolute Gasteiger partial charge is 0.362 e. The molecule has 0 spiro atoms. The number of anilines is 2. The molecule has 1 aliphatic rings. The number of aliphatic hydroxyl groups is 1. The minimum Gasteiger partial charge on any atom is -0.462 e. The van der Waals surface area contributed by atoms with Crippen LogP contribution >= 0.6 is 23.2 Å². The zero-order valence-corrected chi connectivity index (χ0v) is 18.6. The van der Waals surface area contributed by atoms with Crippen molar-refractivity contribution in [3.05, 3.63) is 94.5 Å². The number of carbonyl (C=O) groups is 2. The lowest BCUT2D eigenvalue weighted by Gasteiger charge is -2.34. The summed E-state index contributed by atoms with van der Waals surface area (Å²) in [6.07, 6.45) is 0. The largest absolute Gasteiger partial charge is 0.462 e. The van der Waals surface area contributed by atoms with Crippen LogP contribution < -0.4 is 9.80 Å². The van der Waals surface area contributed by atoms with Crippen molar-refractivity contribution in [2.45, 2.75) is 18.7 Å². The summed E-state index contributed by atoms with van der Waals surface area (Å²) >= 11 is 12.1. The maximum atomic E-state index is 13.8. The van der Waals surface area contributed by atoms with Crippen molar-refractivity contribution >= 4 is 46.6 Å². The number of amides is 2. The predicted octanol–water partition coefficient (Wildman–Crippen LogP) is 5.43. The fourth-order valence-corrected chi connectivity index (χ4v) is 4.13. The topological polar surface area (TPSA) is 70.1 Å². The molecular formula is C24H20Cl2N2O4. The number of hydrogen-bond donors (Lipinski definition) is 1. The Morgan fingerprint density at radius 1 is 0.938 bits per heavy atom. The van der Waals surface area contributed by atoms with Crippen molar-refractivity contribution in [1.82, 2.24) is 0 Å². The highest BCUT2D eigenvalue weighted by atomic mass is 35.5. The van der Waals surface area contributed by atoms with Crippen LogP contribution in [0.2, 0.25) is 10.0 Å². The molecule has 2 atom stereocenters. The molecule has 2 unspecified atom stereocenters. The van der Waals surface area contributed by atoms with Gasteiger partial charge in [-0.3, -0.25) is 9.80 Å². The predicted molar refractivity (Wildman–Crippen MR) is 124 cm³/mol. The molecule has 3 aromatic carbocycles. The second-order valence-electron chi connectivity index (χ2n) is 7.20. The molecule has 32 heavy (non-hydrogen) atoms. The highest BCUT2D eigenvalue weighted by molar-refractivity contribution is 6.31. The van der Waals surface area contributed by atoms with Crippen molar-refractivity contribution in [2.24, 2.45) is 0 Å². The summed E-state index contributed by atoms with van der Waals surface area (Å²) in [5.74, 6) is -0.936. The number of benzene rings is 3. The van der Waals surface area contributed by atoms with E-state index in [9.17, 15) is 14.7 Å². The summed E-state index contributed by atoms with van der Waals surface area (Å²) < 4.78 is 5.25. The van der Waals surface area contributed by atoms with Crippen LogP contribution in [0, 0.1) is 0 Å². The Morgan fingerprint density at radius 2 is 1.47 bits per heavy atom. The molecule has 6 nitrogen and oxygen atoms in total. The molecule has 0 saturated carbocycles. The lowest BCUT2D eigenvalue weighted by atomic mass is 9.94. The standard InChI is InChI=1S/C24H20Cl2N2O4/c1-2-32-22(29)24(31)21(16-6-4-3-5-7-16)27(19-12-8-17(25)9-13-19)23(30)28(24)20-14-10-18(26)11-15-20/h3-15,21,31H,2H2,1H3. The molecule has 164 valence electrons. The highest BCUT2D eigenvalue weighted by Gasteiger charge is 2.64. The summed E-state index contributed by atoms with van der Waals surface area (Å²) in [5, 5.41) is 12.9. The van der Waals surface area contributed by atoms with Gasteiger partial charge in [-0.2, -0.15) is 0 Å². The monoisotopic (exact) mass is 470 g/mol. The minimum absolute atomic E-state index is 0.0340. The van der Waals surface area contributed by atoms with E-state index in [2.05, 4.69) is 0 Å². The Morgan fingerprint density at radius 3 is 2.00 bits per heavy atom. The zero-order valence-electron chi connectivity index (χ0n) is 17.1. The van der Waals surface area contributed by atoms with Gasteiger partial charge in [0.2, 0.25) is 0 Å². The number of carbonyl (C=O) groups excluding carboxylic acids is 2. The highest BCUT2D eigenvalue weighted by Crippen LogP contribution is 2.47. The second-order valence-corrected chi connectivity index (χ2v) is 8.07. The lowest BCUT2D eigenvalue weighted by Crippen LogP contribution is -2.56. The Bertz CT molecular complexity index is 1120. The van der Waals surface area contributed by atoms with Crippen molar-refractivity contribution in [1.29, 1.82) is 0 Å². The van der Waals surface area contributed by atoms with E-state index in [-0.39, 0.29) is 6.61 Å². The molecule has 1 heterocycles. The van der Waals surface area contributed by atoms with Gasteiger partial charge in [0.1, 0.15) is 6.04 Å². The second kappa shape index (κ2) is 8.82. The molecule has 2 amide bonds. The van der Waals surface area contributed by atoms with E-state index in [1.807, 2.05) is 6.07 Å². The van der Waals surface area contributed by atoms with Gasteiger partial charge >= 0.3 is 12.0 Å². The van der Waals surface area contributed by atoms with E-state index < -0.39 is 23.8 Å². The molecule has 0 aromatic heterocycles. The first-order valence-electron chi connectivity index (χ1n) is 9.97. The van der Waals surface area contributed by atoms with Gasteiger partial charge in [0, 0.05) is 21.4 Å². The van der Waals surface area contributed by atoms with Crippen LogP contribution in [-0.4, -0.2) is 29.4 Å². The summed E-state index contributed by atoms with van der Waals surface area (Å²) in [6, 6.07) is 20.1. The van der Waals surface area contributed by atoms with E-state index in [4.69, 9.17) is 27.9 Å². The van der Waals surface area contributed by atoms with Gasteiger partial charge in [-0.1, -0.05) is 53.5 Å². The van der Waals surface area contributed by atoms with Gasteiger partial charge < -0.3 is 9.84 Å². The van der Waals surface area contributed by atoms with Crippen LogP contribution in [-0.2, 0) is 9.53 Å². The molecule has 1 fully saturated rings. The fourth-order valence-electron chi connectivity index (χ4n) is 3.88. The van der Waals surface area contributed by atoms with Gasteiger partial charge in [-0.05, 0) is 61.0 Å². The molecule has 0 radical (unpaired) electrons. The molecule has 4 rings (SSSR count). The van der Waals surface area contributed by atoms with Crippen LogP contribution in [0.15, 0.2) is 78.9 Å². The van der Waals surface area contributed by atoms with Crippen LogP contribution in [0.25, 0.3) is 0 Å². The minimum atomic E-state index is -2.35. The summed E-state index contributed by atoms with van der Waals surface area (Å²) in [4.78, 5) is 29.5. The lowest BCUT2D eigenvalue weighted by molar-refractivity contribution is -0.165. The van der Waals surface area contributed by atoms with Gasteiger partial charge in [0.25, 0.3) is 5.72 Å². The number of halogens is 2. The average molecular weight is 471 g/mol. The van der Waals surface area contributed by atoms with E-state index in [0.29, 0.717) is 27.0 Å². The van der Waals surface area contributed by atoms with Crippen LogP contribution in [0.4, 0.5) is 16.2 Å². The Labute approximate surface area is 195 Å². The van der Waals surface area contributed by atoms with E-state index in [0.717, 1.165) is 4.90 Å². The van der Waals surface area contributed by atoms with Crippen LogP contribution in [0.3, 0.4) is 0 Å². The number of urea groups is 1. The molecule has 0 aliphatic carbocycles. The number of rotatable bonds is 5. The fraction of sp³-hybridized carbons (Fsp3) is 0.167.